The highest BCUT2D eigenvalue weighted by atomic mass is 16.6. The molecule has 2 atom stereocenters. The fourth-order valence-corrected chi connectivity index (χ4v) is 5.72. The molecule has 1 aliphatic rings. The summed E-state index contributed by atoms with van der Waals surface area (Å²) in [6, 6.07) is 30.4. The van der Waals surface area contributed by atoms with E-state index in [0.717, 1.165) is 51.3 Å². The van der Waals surface area contributed by atoms with E-state index in [0.29, 0.717) is 6.61 Å². The topological polar surface area (TPSA) is 70.3 Å². The molecule has 225 valence electrons. The summed E-state index contributed by atoms with van der Waals surface area (Å²) in [5.74, 6) is 1.56. The molecular weight excluding hydrogens is 552 g/mol. The number of hydrogen-bond donors (Lipinski definition) is 0. The second-order valence-corrected chi connectivity index (χ2v) is 10.9. The number of hydrogen-bond acceptors (Lipinski definition) is 6. The Morgan fingerprint density at radius 1 is 0.886 bits per heavy atom. The molecule has 3 aromatic carbocycles. The van der Waals surface area contributed by atoms with Crippen LogP contribution in [0.25, 0.3) is 11.0 Å². The first-order valence-electron chi connectivity index (χ1n) is 14.7. The van der Waals surface area contributed by atoms with E-state index in [9.17, 15) is 0 Å². The summed E-state index contributed by atoms with van der Waals surface area (Å²) in [4.78, 5) is 11.2. The van der Waals surface area contributed by atoms with Crippen molar-refractivity contribution in [3.8, 4) is 11.5 Å². The van der Waals surface area contributed by atoms with Gasteiger partial charge in [-0.2, -0.15) is 0 Å². The van der Waals surface area contributed by atoms with Crippen LogP contribution in [0.2, 0.25) is 0 Å². The van der Waals surface area contributed by atoms with E-state index in [1.54, 1.807) is 26.8 Å². The Morgan fingerprint density at radius 3 is 2.14 bits per heavy atom. The molecule has 44 heavy (non-hydrogen) atoms. The predicted molar refractivity (Wildman–Crippen MR) is 173 cm³/mol. The average Bonchev–Trinajstić information content (AvgIpc) is 3.72. The van der Waals surface area contributed by atoms with E-state index in [2.05, 4.69) is 57.4 Å². The molecule has 1 fully saturated rings. The lowest BCUT2D eigenvalue weighted by Gasteiger charge is -2.37. The molecule has 1 radical (unpaired) electrons. The minimum atomic E-state index is -0.907. The molecule has 0 N–H and O–H groups in total. The maximum atomic E-state index is 7.06. The number of fused-ring (bicyclic) bond motifs is 1. The molecule has 0 spiro atoms. The molecule has 8 heteroatoms. The van der Waals surface area contributed by atoms with Crippen molar-refractivity contribution in [2.45, 2.75) is 24.4 Å². The van der Waals surface area contributed by atoms with Gasteiger partial charge < -0.3 is 28.4 Å². The first kappa shape index (κ1) is 29.4. The second kappa shape index (κ2) is 12.9. The largest absolute Gasteiger partial charge is 0.497 e. The number of methoxy groups -OCH3 is 2. The third-order valence-corrected chi connectivity index (χ3v) is 7.90. The molecule has 0 unspecified atom stereocenters. The number of aromatic nitrogens is 2. The smallest absolute Gasteiger partial charge is 0.144 e. The van der Waals surface area contributed by atoms with Gasteiger partial charge in [0.05, 0.1) is 39.0 Å². The van der Waals surface area contributed by atoms with Crippen LogP contribution in [0, 0.1) is 6.42 Å². The molecule has 2 aromatic heterocycles. The highest BCUT2D eigenvalue weighted by Gasteiger charge is 2.40. The Balaban J connectivity index is 1.31. The number of ether oxygens (including phenoxy) is 4. The van der Waals surface area contributed by atoms with Crippen LogP contribution >= 0.6 is 0 Å². The van der Waals surface area contributed by atoms with Crippen LogP contribution in [0.1, 0.15) is 29.3 Å². The van der Waals surface area contributed by atoms with Crippen LogP contribution in [0.4, 0.5) is 5.69 Å². The van der Waals surface area contributed by atoms with Gasteiger partial charge in [-0.25, -0.2) is 9.98 Å². The lowest BCUT2D eigenvalue weighted by Crippen LogP contribution is -2.35. The van der Waals surface area contributed by atoms with E-state index < -0.39 is 5.60 Å². The fourth-order valence-electron chi connectivity index (χ4n) is 5.72. The van der Waals surface area contributed by atoms with Gasteiger partial charge in [-0.3, -0.25) is 0 Å². The van der Waals surface area contributed by atoms with E-state index in [1.165, 1.54) is 0 Å². The third-order valence-electron chi connectivity index (χ3n) is 7.90. The monoisotopic (exact) mass is 589 g/mol. The molecule has 0 saturated carbocycles. The lowest BCUT2D eigenvalue weighted by atomic mass is 9.80. The predicted octanol–water partition coefficient (Wildman–Crippen LogP) is 6.78. The Kier molecular flexibility index (Phi) is 8.63. The van der Waals surface area contributed by atoms with Crippen LogP contribution in [-0.4, -0.2) is 61.8 Å². The van der Waals surface area contributed by atoms with Gasteiger partial charge in [0.15, 0.2) is 0 Å². The fraction of sp³-hybridized carbons (Fsp3) is 0.250. The SMILES string of the molecule is COc1ccc(C(OC[C@H]2[CH]C[C@H](n3ccc4c(/N=C\N(C)C)ccnc43)O2)(c2ccccc2)c2ccc(OC)cc2)cc1. The lowest BCUT2D eigenvalue weighted by molar-refractivity contribution is -0.0701. The van der Waals surface area contributed by atoms with Crippen molar-refractivity contribution < 1.29 is 18.9 Å². The quantitative estimate of drug-likeness (QED) is 0.0962. The zero-order valence-electron chi connectivity index (χ0n) is 25.5. The molecule has 3 heterocycles. The highest BCUT2D eigenvalue weighted by Crippen LogP contribution is 2.43. The molecular formula is C36H37N4O4. The van der Waals surface area contributed by atoms with Crippen LogP contribution < -0.4 is 9.47 Å². The number of pyridine rings is 1. The molecule has 8 nitrogen and oxygen atoms in total. The van der Waals surface area contributed by atoms with Gasteiger partial charge in [-0.1, -0.05) is 54.6 Å². The van der Waals surface area contributed by atoms with Gasteiger partial charge in [-0.05, 0) is 65.9 Å². The van der Waals surface area contributed by atoms with Crippen LogP contribution in [0.3, 0.4) is 0 Å². The van der Waals surface area contributed by atoms with Crippen LogP contribution in [-0.2, 0) is 15.1 Å². The summed E-state index contributed by atoms with van der Waals surface area (Å²) in [7, 11) is 7.25. The first-order chi connectivity index (χ1) is 21.5. The summed E-state index contributed by atoms with van der Waals surface area (Å²) in [5, 5.41) is 0.982. The summed E-state index contributed by atoms with van der Waals surface area (Å²) >= 11 is 0. The van der Waals surface area contributed by atoms with Crippen molar-refractivity contribution in [2.24, 2.45) is 4.99 Å². The van der Waals surface area contributed by atoms with Gasteiger partial charge in [0, 0.05) is 31.9 Å². The summed E-state index contributed by atoms with van der Waals surface area (Å²) < 4.78 is 26.7. The van der Waals surface area contributed by atoms with Crippen LogP contribution in [0.15, 0.2) is 108 Å². The molecule has 0 aliphatic carbocycles. The minimum Gasteiger partial charge on any atom is -0.497 e. The first-order valence-corrected chi connectivity index (χ1v) is 14.7. The summed E-state index contributed by atoms with van der Waals surface area (Å²) in [6.45, 7) is 0.342. The van der Waals surface area contributed by atoms with Crippen molar-refractivity contribution in [3.63, 3.8) is 0 Å². The van der Waals surface area contributed by atoms with Crippen molar-refractivity contribution in [3.05, 3.63) is 127 Å². The van der Waals surface area contributed by atoms with Crippen molar-refractivity contribution in [1.82, 2.24) is 14.5 Å². The molecule has 0 amide bonds. The number of benzene rings is 3. The van der Waals surface area contributed by atoms with Gasteiger partial charge in [-0.15, -0.1) is 0 Å². The van der Waals surface area contributed by atoms with Gasteiger partial charge in [0.25, 0.3) is 0 Å². The molecule has 6 rings (SSSR count). The van der Waals surface area contributed by atoms with E-state index in [-0.39, 0.29) is 12.3 Å². The number of nitrogens with zero attached hydrogens (tertiary/aromatic N) is 4. The highest BCUT2D eigenvalue weighted by molar-refractivity contribution is 5.89. The Labute approximate surface area is 258 Å². The van der Waals surface area contributed by atoms with Crippen molar-refractivity contribution in [2.75, 3.05) is 34.9 Å². The standard InChI is InChI=1S/C36H37N4O4/c1-39(2)25-38-33-20-22-37-35-32(33)21-23-40(35)34-19-18-31(44-34)24-43-36(26-8-6-5-7-9-26,27-10-14-29(41-3)15-11-27)28-12-16-30(42-4)17-13-28/h5-18,20-23,25,31,34H,19,24H2,1-4H3/b38-25-/t31-,34-/m1/s1. The third kappa shape index (κ3) is 5.78. The normalized spacial score (nSPS) is 16.9. The Bertz CT molecular complexity index is 1650. The molecule has 0 bridgehead atoms. The van der Waals surface area contributed by atoms with Gasteiger partial charge >= 0.3 is 0 Å². The van der Waals surface area contributed by atoms with Crippen LogP contribution in [0.5, 0.6) is 11.5 Å². The molecule has 1 saturated heterocycles. The van der Waals surface area contributed by atoms with E-state index in [1.807, 2.05) is 79.8 Å². The Hall–Kier alpha value is -4.66. The minimum absolute atomic E-state index is 0.199. The summed E-state index contributed by atoms with van der Waals surface area (Å²) in [6.07, 6.45) is 8.09. The summed E-state index contributed by atoms with van der Waals surface area (Å²) in [5.41, 5.74) is 3.78. The zero-order valence-corrected chi connectivity index (χ0v) is 25.5. The average molecular weight is 590 g/mol. The van der Waals surface area contributed by atoms with E-state index in [4.69, 9.17) is 18.9 Å². The zero-order chi connectivity index (χ0) is 30.5. The molecule has 1 aliphatic heterocycles. The van der Waals surface area contributed by atoms with Gasteiger partial charge in [0.2, 0.25) is 0 Å². The van der Waals surface area contributed by atoms with Crippen molar-refractivity contribution in [1.29, 1.82) is 0 Å². The second-order valence-electron chi connectivity index (χ2n) is 10.9. The molecule has 5 aromatic rings. The number of aliphatic imine (C=N–C) groups is 1. The number of rotatable bonds is 11. The maximum Gasteiger partial charge on any atom is 0.144 e. The maximum absolute atomic E-state index is 7.06. The van der Waals surface area contributed by atoms with Gasteiger partial charge in [0.1, 0.15) is 29.0 Å². The Morgan fingerprint density at radius 2 is 1.52 bits per heavy atom. The van der Waals surface area contributed by atoms with E-state index >= 15 is 0 Å². The van der Waals surface area contributed by atoms with Crippen molar-refractivity contribution >= 4 is 23.1 Å².